The van der Waals surface area contributed by atoms with Gasteiger partial charge < -0.3 is 10.0 Å². The second-order valence-corrected chi connectivity index (χ2v) is 5.06. The fourth-order valence-corrected chi connectivity index (χ4v) is 2.57. The average Bonchev–Trinajstić information content (AvgIpc) is 2.39. The Hall–Kier alpha value is -1.91. The van der Waals surface area contributed by atoms with Gasteiger partial charge in [-0.25, -0.2) is 4.79 Å². The van der Waals surface area contributed by atoms with Crippen molar-refractivity contribution in [1.29, 1.82) is 0 Å². The zero-order valence-electron chi connectivity index (χ0n) is 11.0. The molecular formula is C14H18N2O3. The molecule has 0 bridgehead atoms. The van der Waals surface area contributed by atoms with Crippen molar-refractivity contribution < 1.29 is 14.7 Å². The second kappa shape index (κ2) is 5.82. The smallest absolute Gasteiger partial charge is 0.337 e. The van der Waals surface area contributed by atoms with Crippen molar-refractivity contribution in [2.45, 2.75) is 26.2 Å². The number of pyridine rings is 1. The van der Waals surface area contributed by atoms with E-state index in [9.17, 15) is 9.59 Å². The summed E-state index contributed by atoms with van der Waals surface area (Å²) in [5, 5.41) is 8.94. The van der Waals surface area contributed by atoms with Crippen LogP contribution in [0.3, 0.4) is 0 Å². The van der Waals surface area contributed by atoms with Gasteiger partial charge in [-0.3, -0.25) is 9.78 Å². The second-order valence-electron chi connectivity index (χ2n) is 5.06. The molecular weight excluding hydrogens is 244 g/mol. The Balaban J connectivity index is 2.02. The Morgan fingerprint density at radius 2 is 2.26 bits per heavy atom. The van der Waals surface area contributed by atoms with E-state index in [1.54, 1.807) is 19.2 Å². The number of likely N-dealkylation sites (tertiary alicyclic amines) is 1. The highest BCUT2D eigenvalue weighted by Gasteiger charge is 2.22. The van der Waals surface area contributed by atoms with Gasteiger partial charge in [0.25, 0.3) is 0 Å². The minimum Gasteiger partial charge on any atom is -0.478 e. The first kappa shape index (κ1) is 13.5. The number of hydrogen-bond acceptors (Lipinski definition) is 3. The number of nitrogens with zero attached hydrogens (tertiary/aromatic N) is 2. The van der Waals surface area contributed by atoms with E-state index in [0.717, 1.165) is 37.9 Å². The van der Waals surface area contributed by atoms with Gasteiger partial charge in [-0.15, -0.1) is 0 Å². The number of rotatable bonds is 3. The molecule has 0 radical (unpaired) electrons. The van der Waals surface area contributed by atoms with Crippen molar-refractivity contribution in [3.05, 3.63) is 29.6 Å². The fraction of sp³-hybridized carbons (Fsp3) is 0.500. The molecule has 5 heteroatoms. The summed E-state index contributed by atoms with van der Waals surface area (Å²) >= 11 is 0. The van der Waals surface area contributed by atoms with Gasteiger partial charge >= 0.3 is 5.97 Å². The van der Waals surface area contributed by atoms with E-state index >= 15 is 0 Å². The number of carboxylic acid groups (broad SMARTS) is 1. The first-order valence-corrected chi connectivity index (χ1v) is 6.49. The molecule has 1 unspecified atom stereocenters. The lowest BCUT2D eigenvalue weighted by Gasteiger charge is -2.32. The Kier molecular flexibility index (Phi) is 4.14. The normalized spacial score (nSPS) is 19.2. The van der Waals surface area contributed by atoms with E-state index < -0.39 is 5.97 Å². The van der Waals surface area contributed by atoms with E-state index in [-0.39, 0.29) is 11.5 Å². The number of piperidine rings is 1. The molecule has 5 nitrogen and oxygen atoms in total. The van der Waals surface area contributed by atoms with Crippen LogP contribution in [0.15, 0.2) is 18.5 Å². The van der Waals surface area contributed by atoms with Crippen molar-refractivity contribution in [2.24, 2.45) is 5.92 Å². The SMILES string of the molecule is CC(=O)N1CCCC(Cc2cncc(C(=O)O)c2)C1. The van der Waals surface area contributed by atoms with Crippen LogP contribution in [0.1, 0.15) is 35.7 Å². The number of carbonyl (C=O) groups excluding carboxylic acids is 1. The molecule has 1 aliphatic rings. The molecule has 19 heavy (non-hydrogen) atoms. The summed E-state index contributed by atoms with van der Waals surface area (Å²) in [6.45, 7) is 3.18. The lowest BCUT2D eigenvalue weighted by molar-refractivity contribution is -0.130. The van der Waals surface area contributed by atoms with Gasteiger partial charge in [-0.05, 0) is 36.8 Å². The van der Waals surface area contributed by atoms with E-state index in [1.165, 1.54) is 6.20 Å². The molecule has 2 heterocycles. The van der Waals surface area contributed by atoms with Crippen LogP contribution < -0.4 is 0 Å². The maximum atomic E-state index is 11.4. The van der Waals surface area contributed by atoms with Gasteiger partial charge in [0.05, 0.1) is 5.56 Å². The molecule has 0 saturated carbocycles. The fourth-order valence-electron chi connectivity index (χ4n) is 2.57. The third-order valence-corrected chi connectivity index (χ3v) is 3.53. The van der Waals surface area contributed by atoms with Crippen molar-refractivity contribution in [3.63, 3.8) is 0 Å². The van der Waals surface area contributed by atoms with Crippen molar-refractivity contribution in [3.8, 4) is 0 Å². The Labute approximate surface area is 112 Å². The first-order valence-electron chi connectivity index (χ1n) is 6.49. The lowest BCUT2D eigenvalue weighted by atomic mass is 9.91. The van der Waals surface area contributed by atoms with E-state index in [2.05, 4.69) is 4.98 Å². The molecule has 1 aromatic heterocycles. The summed E-state index contributed by atoms with van der Waals surface area (Å²) in [4.78, 5) is 28.1. The van der Waals surface area contributed by atoms with Crippen LogP contribution in [0.4, 0.5) is 0 Å². The maximum absolute atomic E-state index is 11.4. The standard InChI is InChI=1S/C14H18N2O3/c1-10(17)16-4-2-3-11(9-16)5-12-6-13(14(18)19)8-15-7-12/h6-8,11H,2-5,9H2,1H3,(H,18,19). The third kappa shape index (κ3) is 3.53. The van der Waals surface area contributed by atoms with Crippen LogP contribution in [-0.4, -0.2) is 40.0 Å². The van der Waals surface area contributed by atoms with Crippen LogP contribution in [0.25, 0.3) is 0 Å². The van der Waals surface area contributed by atoms with Gasteiger partial charge in [0.1, 0.15) is 0 Å². The number of carbonyl (C=O) groups is 2. The van der Waals surface area contributed by atoms with E-state index in [0.29, 0.717) is 5.92 Å². The lowest BCUT2D eigenvalue weighted by Crippen LogP contribution is -2.39. The Bertz CT molecular complexity index is 487. The van der Waals surface area contributed by atoms with Gasteiger partial charge in [0.2, 0.25) is 5.91 Å². The molecule has 0 aliphatic carbocycles. The molecule has 1 atom stereocenters. The molecule has 1 N–H and O–H groups in total. The zero-order valence-corrected chi connectivity index (χ0v) is 11.0. The molecule has 1 amide bonds. The monoisotopic (exact) mass is 262 g/mol. The van der Waals surface area contributed by atoms with Crippen molar-refractivity contribution in [2.75, 3.05) is 13.1 Å². The molecule has 1 fully saturated rings. The summed E-state index contributed by atoms with van der Waals surface area (Å²) < 4.78 is 0. The number of carboxylic acids is 1. The molecule has 2 rings (SSSR count). The largest absolute Gasteiger partial charge is 0.478 e. The van der Waals surface area contributed by atoms with Crippen LogP contribution in [-0.2, 0) is 11.2 Å². The molecule has 1 aliphatic heterocycles. The van der Waals surface area contributed by atoms with E-state index in [1.807, 2.05) is 4.90 Å². The summed E-state index contributed by atoms with van der Waals surface area (Å²) in [6, 6.07) is 1.67. The van der Waals surface area contributed by atoms with Gasteiger partial charge in [0.15, 0.2) is 0 Å². The van der Waals surface area contributed by atoms with Crippen LogP contribution >= 0.6 is 0 Å². The number of aromatic nitrogens is 1. The minimum atomic E-state index is -0.955. The number of hydrogen-bond donors (Lipinski definition) is 1. The average molecular weight is 262 g/mol. The summed E-state index contributed by atoms with van der Waals surface area (Å²) in [7, 11) is 0. The quantitative estimate of drug-likeness (QED) is 0.897. The van der Waals surface area contributed by atoms with Gasteiger partial charge in [0, 0.05) is 32.4 Å². The maximum Gasteiger partial charge on any atom is 0.337 e. The van der Waals surface area contributed by atoms with Crippen LogP contribution in [0, 0.1) is 5.92 Å². The van der Waals surface area contributed by atoms with Crippen LogP contribution in [0.2, 0.25) is 0 Å². The Morgan fingerprint density at radius 1 is 1.47 bits per heavy atom. The van der Waals surface area contributed by atoms with Crippen molar-refractivity contribution >= 4 is 11.9 Å². The highest BCUT2D eigenvalue weighted by molar-refractivity contribution is 5.87. The molecule has 0 spiro atoms. The highest BCUT2D eigenvalue weighted by atomic mass is 16.4. The number of aromatic carboxylic acids is 1. The predicted octanol–water partition coefficient (Wildman–Crippen LogP) is 1.58. The molecule has 1 saturated heterocycles. The summed E-state index contributed by atoms with van der Waals surface area (Å²) in [5.74, 6) is -0.450. The molecule has 0 aromatic carbocycles. The number of amides is 1. The topological polar surface area (TPSA) is 70.5 Å². The summed E-state index contributed by atoms with van der Waals surface area (Å²) in [6.07, 6.45) is 5.92. The van der Waals surface area contributed by atoms with Gasteiger partial charge in [-0.1, -0.05) is 0 Å². The zero-order chi connectivity index (χ0) is 13.8. The van der Waals surface area contributed by atoms with Crippen LogP contribution in [0.5, 0.6) is 0 Å². The molecule has 1 aromatic rings. The van der Waals surface area contributed by atoms with Gasteiger partial charge in [-0.2, -0.15) is 0 Å². The molecule has 102 valence electrons. The summed E-state index contributed by atoms with van der Waals surface area (Å²) in [5.41, 5.74) is 1.15. The highest BCUT2D eigenvalue weighted by Crippen LogP contribution is 2.21. The van der Waals surface area contributed by atoms with Crippen molar-refractivity contribution in [1.82, 2.24) is 9.88 Å². The first-order chi connectivity index (χ1) is 9.06. The van der Waals surface area contributed by atoms with E-state index in [4.69, 9.17) is 5.11 Å². The Morgan fingerprint density at radius 3 is 2.95 bits per heavy atom. The predicted molar refractivity (Wildman–Crippen MR) is 69.9 cm³/mol. The third-order valence-electron chi connectivity index (χ3n) is 3.53. The minimum absolute atomic E-state index is 0.113.